The molecule has 1 N–H and O–H groups in total. The molecule has 0 radical (unpaired) electrons. The first-order valence-corrected chi connectivity index (χ1v) is 7.35. The molecule has 2 rings (SSSR count). The Morgan fingerprint density at radius 1 is 1.09 bits per heavy atom. The molecule has 0 aliphatic rings. The third-order valence-corrected chi connectivity index (χ3v) is 3.49. The van der Waals surface area contributed by atoms with Gasteiger partial charge in [0.1, 0.15) is 5.82 Å². The summed E-state index contributed by atoms with van der Waals surface area (Å²) >= 11 is 0. The first kappa shape index (κ1) is 16.8. The van der Waals surface area contributed by atoms with E-state index in [-0.39, 0.29) is 18.1 Å². The highest BCUT2D eigenvalue weighted by Gasteiger charge is 2.08. The molecule has 0 fully saturated rings. The lowest BCUT2D eigenvalue weighted by atomic mass is 10.1. The van der Waals surface area contributed by atoms with Crippen molar-refractivity contribution < 1.29 is 18.7 Å². The second-order valence-electron chi connectivity index (χ2n) is 5.06. The lowest BCUT2D eigenvalue weighted by molar-refractivity contribution is -0.120. The third kappa shape index (κ3) is 4.71. The highest BCUT2D eigenvalue weighted by atomic mass is 19.1. The van der Waals surface area contributed by atoms with Gasteiger partial charge in [0.25, 0.3) is 0 Å². The Labute approximate surface area is 135 Å². The van der Waals surface area contributed by atoms with Crippen molar-refractivity contribution in [1.29, 1.82) is 0 Å². The summed E-state index contributed by atoms with van der Waals surface area (Å²) in [5.74, 6) is 0.843. The van der Waals surface area contributed by atoms with Gasteiger partial charge in [-0.1, -0.05) is 24.3 Å². The quantitative estimate of drug-likeness (QED) is 0.854. The summed E-state index contributed by atoms with van der Waals surface area (Å²) in [6, 6.07) is 11.9. The topological polar surface area (TPSA) is 47.6 Å². The Morgan fingerprint density at radius 2 is 1.83 bits per heavy atom. The maximum Gasteiger partial charge on any atom is 0.224 e. The molecule has 0 aliphatic heterocycles. The van der Waals surface area contributed by atoms with Gasteiger partial charge in [-0.2, -0.15) is 0 Å². The predicted molar refractivity (Wildman–Crippen MR) is 86.4 cm³/mol. The number of carbonyl (C=O) groups excluding carboxylic acids is 1. The normalized spacial score (nSPS) is 10.2. The van der Waals surface area contributed by atoms with Crippen molar-refractivity contribution in [3.63, 3.8) is 0 Å². The zero-order valence-electron chi connectivity index (χ0n) is 13.3. The number of rotatable bonds is 7. The smallest absolute Gasteiger partial charge is 0.224 e. The van der Waals surface area contributed by atoms with Crippen LogP contribution in [0.4, 0.5) is 4.39 Å². The summed E-state index contributed by atoms with van der Waals surface area (Å²) in [6.45, 7) is 0.396. The second-order valence-corrected chi connectivity index (χ2v) is 5.06. The van der Waals surface area contributed by atoms with Crippen molar-refractivity contribution >= 4 is 5.91 Å². The highest BCUT2D eigenvalue weighted by Crippen LogP contribution is 2.27. The molecule has 0 aromatic heterocycles. The molecule has 0 bridgehead atoms. The standard InChI is InChI=1S/C18H20FNO3/c1-22-16-8-7-13(11-17(16)23-2)12-18(21)20-10-9-14-5-3-4-6-15(14)19/h3-8,11H,9-10,12H2,1-2H3,(H,20,21). The molecule has 122 valence electrons. The van der Waals surface area contributed by atoms with Gasteiger partial charge in [-0.05, 0) is 35.7 Å². The lowest BCUT2D eigenvalue weighted by Crippen LogP contribution is -2.27. The van der Waals surface area contributed by atoms with Crippen LogP contribution < -0.4 is 14.8 Å². The predicted octanol–water partition coefficient (Wildman–Crippen LogP) is 2.74. The Morgan fingerprint density at radius 3 is 2.52 bits per heavy atom. The van der Waals surface area contributed by atoms with Gasteiger partial charge in [-0.15, -0.1) is 0 Å². The molecule has 5 heteroatoms. The minimum absolute atomic E-state index is 0.117. The molecule has 0 saturated carbocycles. The summed E-state index contributed by atoms with van der Waals surface area (Å²) in [4.78, 5) is 12.0. The van der Waals surface area contributed by atoms with E-state index in [4.69, 9.17) is 9.47 Å². The van der Waals surface area contributed by atoms with E-state index in [0.717, 1.165) is 5.56 Å². The molecule has 2 aromatic rings. The largest absolute Gasteiger partial charge is 0.493 e. The van der Waals surface area contributed by atoms with E-state index in [1.165, 1.54) is 6.07 Å². The number of hydrogen-bond acceptors (Lipinski definition) is 3. The van der Waals surface area contributed by atoms with E-state index < -0.39 is 0 Å². The summed E-state index contributed by atoms with van der Waals surface area (Å²) in [6.07, 6.45) is 0.696. The SMILES string of the molecule is COc1ccc(CC(=O)NCCc2ccccc2F)cc1OC. The zero-order valence-corrected chi connectivity index (χ0v) is 13.3. The molecule has 0 spiro atoms. The van der Waals surface area contributed by atoms with E-state index >= 15 is 0 Å². The van der Waals surface area contributed by atoms with E-state index in [1.807, 2.05) is 6.07 Å². The monoisotopic (exact) mass is 317 g/mol. The molecule has 0 saturated heterocycles. The van der Waals surface area contributed by atoms with Crippen LogP contribution in [-0.2, 0) is 17.6 Å². The number of nitrogens with one attached hydrogen (secondary N) is 1. The molecule has 1 amide bonds. The first-order valence-electron chi connectivity index (χ1n) is 7.35. The highest BCUT2D eigenvalue weighted by molar-refractivity contribution is 5.78. The van der Waals surface area contributed by atoms with Crippen LogP contribution in [0.15, 0.2) is 42.5 Å². The van der Waals surface area contributed by atoms with Gasteiger partial charge >= 0.3 is 0 Å². The van der Waals surface area contributed by atoms with Crippen molar-refractivity contribution in [2.75, 3.05) is 20.8 Å². The fraction of sp³-hybridized carbons (Fsp3) is 0.278. The van der Waals surface area contributed by atoms with Gasteiger partial charge in [0.15, 0.2) is 11.5 Å². The molecular weight excluding hydrogens is 297 g/mol. The molecule has 23 heavy (non-hydrogen) atoms. The van der Waals surface area contributed by atoms with Crippen molar-refractivity contribution in [2.45, 2.75) is 12.8 Å². The number of halogens is 1. The average Bonchev–Trinajstić information content (AvgIpc) is 2.56. The van der Waals surface area contributed by atoms with Crippen LogP contribution in [0.25, 0.3) is 0 Å². The zero-order chi connectivity index (χ0) is 16.7. The van der Waals surface area contributed by atoms with Crippen LogP contribution in [-0.4, -0.2) is 26.7 Å². The van der Waals surface area contributed by atoms with Crippen LogP contribution >= 0.6 is 0 Å². The molecule has 0 unspecified atom stereocenters. The van der Waals surface area contributed by atoms with Crippen molar-refractivity contribution in [3.8, 4) is 11.5 Å². The molecule has 4 nitrogen and oxygen atoms in total. The van der Waals surface area contributed by atoms with Crippen LogP contribution in [0.2, 0.25) is 0 Å². The van der Waals surface area contributed by atoms with E-state index in [1.54, 1.807) is 44.6 Å². The van der Waals surface area contributed by atoms with Crippen LogP contribution in [0.1, 0.15) is 11.1 Å². The molecule has 0 heterocycles. The van der Waals surface area contributed by atoms with Crippen molar-refractivity contribution in [3.05, 3.63) is 59.4 Å². The molecule has 2 aromatic carbocycles. The van der Waals surface area contributed by atoms with Gasteiger partial charge in [-0.3, -0.25) is 4.79 Å². The number of benzene rings is 2. The minimum Gasteiger partial charge on any atom is -0.493 e. The second kappa shape index (κ2) is 8.17. The number of amides is 1. The maximum absolute atomic E-state index is 13.5. The Hall–Kier alpha value is -2.56. The molecule has 0 aliphatic carbocycles. The van der Waals surface area contributed by atoms with E-state index in [0.29, 0.717) is 30.0 Å². The minimum atomic E-state index is -0.248. The van der Waals surface area contributed by atoms with E-state index in [2.05, 4.69) is 5.32 Å². The van der Waals surface area contributed by atoms with Crippen molar-refractivity contribution in [1.82, 2.24) is 5.32 Å². The number of ether oxygens (including phenoxy) is 2. The molecular formula is C18H20FNO3. The summed E-state index contributed by atoms with van der Waals surface area (Å²) < 4.78 is 23.8. The van der Waals surface area contributed by atoms with Gasteiger partial charge in [-0.25, -0.2) is 4.39 Å². The third-order valence-electron chi connectivity index (χ3n) is 3.49. The van der Waals surface area contributed by atoms with E-state index in [9.17, 15) is 9.18 Å². The van der Waals surface area contributed by atoms with Gasteiger partial charge in [0.2, 0.25) is 5.91 Å². The fourth-order valence-electron chi connectivity index (χ4n) is 2.28. The van der Waals surface area contributed by atoms with Crippen LogP contribution in [0.5, 0.6) is 11.5 Å². The van der Waals surface area contributed by atoms with Crippen LogP contribution in [0.3, 0.4) is 0 Å². The summed E-state index contributed by atoms with van der Waals surface area (Å²) in [5.41, 5.74) is 1.42. The first-order chi connectivity index (χ1) is 11.1. The lowest BCUT2D eigenvalue weighted by Gasteiger charge is -2.10. The fourth-order valence-corrected chi connectivity index (χ4v) is 2.28. The Bertz CT molecular complexity index is 673. The summed E-state index contributed by atoms with van der Waals surface area (Å²) in [5, 5.41) is 2.80. The van der Waals surface area contributed by atoms with Crippen molar-refractivity contribution in [2.24, 2.45) is 0 Å². The van der Waals surface area contributed by atoms with Gasteiger partial charge in [0, 0.05) is 6.54 Å². The van der Waals surface area contributed by atoms with Gasteiger partial charge < -0.3 is 14.8 Å². The molecule has 0 atom stereocenters. The number of hydrogen-bond donors (Lipinski definition) is 1. The summed E-state index contributed by atoms with van der Waals surface area (Å²) in [7, 11) is 3.11. The Kier molecular flexibility index (Phi) is 5.97. The number of carbonyl (C=O) groups is 1. The average molecular weight is 317 g/mol. The van der Waals surface area contributed by atoms with Crippen LogP contribution in [0, 0.1) is 5.82 Å². The van der Waals surface area contributed by atoms with Gasteiger partial charge in [0.05, 0.1) is 20.6 Å². The maximum atomic E-state index is 13.5. The number of methoxy groups -OCH3 is 2. The Balaban J connectivity index is 1.86.